The number of anilines is 2. The second-order valence-electron chi connectivity index (χ2n) is 8.49. The number of aromatic nitrogens is 2. The monoisotopic (exact) mass is 456 g/mol. The first-order valence-electron chi connectivity index (χ1n) is 9.91. The number of hydrogen-bond acceptors (Lipinski definition) is 6. The molecule has 2 N–H and O–H groups in total. The van der Waals surface area contributed by atoms with Gasteiger partial charge in [-0.05, 0) is 62.9 Å². The molecule has 0 radical (unpaired) electrons. The normalized spacial score (nSPS) is 15.3. The van der Waals surface area contributed by atoms with Crippen LogP contribution in [0.2, 0.25) is 0 Å². The van der Waals surface area contributed by atoms with Crippen LogP contribution in [0, 0.1) is 0 Å². The molecule has 9 heteroatoms. The Balaban J connectivity index is 1.45. The van der Waals surface area contributed by atoms with Crippen molar-refractivity contribution >= 4 is 38.1 Å². The number of hydrogen-bond donors (Lipinski definition) is 2. The highest BCUT2D eigenvalue weighted by atomic mass is 32.2. The zero-order valence-corrected chi connectivity index (χ0v) is 19.2. The minimum atomic E-state index is -3.47. The number of benzene rings is 1. The van der Waals surface area contributed by atoms with Gasteiger partial charge < -0.3 is 5.32 Å². The van der Waals surface area contributed by atoms with Gasteiger partial charge in [0.1, 0.15) is 0 Å². The van der Waals surface area contributed by atoms with Crippen molar-refractivity contribution in [2.24, 2.45) is 0 Å². The Kier molecular flexibility index (Phi) is 5.35. The number of rotatable bonds is 7. The summed E-state index contributed by atoms with van der Waals surface area (Å²) in [7, 11) is -3.47. The van der Waals surface area contributed by atoms with Crippen molar-refractivity contribution in [3.8, 4) is 11.1 Å². The third-order valence-corrected chi connectivity index (χ3v) is 8.73. The van der Waals surface area contributed by atoms with Crippen LogP contribution in [0.1, 0.15) is 39.3 Å². The van der Waals surface area contributed by atoms with E-state index in [1.165, 1.54) is 11.3 Å². The number of sulfonamides is 1. The van der Waals surface area contributed by atoms with E-state index in [2.05, 4.69) is 20.0 Å². The summed E-state index contributed by atoms with van der Waals surface area (Å²) in [6.45, 7) is 5.25. The first kappa shape index (κ1) is 21.5. The summed E-state index contributed by atoms with van der Waals surface area (Å²) >= 11 is 1.18. The number of carbonyl (C=O) groups is 1. The largest absolute Gasteiger partial charge is 0.325 e. The maximum atomic E-state index is 13.0. The van der Waals surface area contributed by atoms with Crippen molar-refractivity contribution in [1.82, 2.24) is 9.97 Å². The van der Waals surface area contributed by atoms with Crippen molar-refractivity contribution in [1.29, 1.82) is 0 Å². The molecule has 4 rings (SSSR count). The number of carbonyl (C=O) groups excluding carboxylic acids is 1. The molecule has 3 aromatic rings. The van der Waals surface area contributed by atoms with E-state index in [1.54, 1.807) is 38.5 Å². The van der Waals surface area contributed by atoms with Crippen LogP contribution in [0.5, 0.6) is 0 Å². The Morgan fingerprint density at radius 2 is 1.84 bits per heavy atom. The Hall–Kier alpha value is -2.78. The standard InChI is InChI=1S/C22H24N4O3S2/c1-21(2,18-14-30-20(25-18)26-31(28,29)22(3)10-11-22)19(27)24-17-8-6-15(7-9-17)16-5-4-12-23-13-16/h4-9,12-14H,10-11H2,1-3H3,(H,24,27)(H,25,26). The first-order valence-corrected chi connectivity index (χ1v) is 12.3. The second kappa shape index (κ2) is 7.72. The minimum absolute atomic E-state index is 0.226. The molecule has 0 aliphatic heterocycles. The lowest BCUT2D eigenvalue weighted by atomic mass is 9.89. The number of thiazole rings is 1. The van der Waals surface area contributed by atoms with Gasteiger partial charge in [0.2, 0.25) is 15.9 Å². The van der Waals surface area contributed by atoms with Crippen molar-refractivity contribution in [3.63, 3.8) is 0 Å². The van der Waals surface area contributed by atoms with Crippen molar-refractivity contribution in [3.05, 3.63) is 59.9 Å². The van der Waals surface area contributed by atoms with Crippen LogP contribution >= 0.6 is 11.3 Å². The lowest BCUT2D eigenvalue weighted by Crippen LogP contribution is -2.35. The molecule has 0 spiro atoms. The quantitative estimate of drug-likeness (QED) is 0.548. The van der Waals surface area contributed by atoms with Gasteiger partial charge in [0.05, 0.1) is 15.9 Å². The fraction of sp³-hybridized carbons (Fsp3) is 0.318. The molecule has 1 aliphatic carbocycles. The molecule has 7 nitrogen and oxygen atoms in total. The van der Waals surface area contributed by atoms with Gasteiger partial charge in [0.15, 0.2) is 5.13 Å². The molecule has 0 atom stereocenters. The van der Waals surface area contributed by atoms with Gasteiger partial charge in [0.25, 0.3) is 0 Å². The third kappa shape index (κ3) is 4.33. The predicted octanol–water partition coefficient (Wildman–Crippen LogP) is 4.42. The SMILES string of the molecule is CC(C)(C(=O)Nc1ccc(-c2cccnc2)cc1)c1csc(NS(=O)(=O)C2(C)CC2)n1. The van der Waals surface area contributed by atoms with Crippen LogP contribution in [0.25, 0.3) is 11.1 Å². The maximum absolute atomic E-state index is 13.0. The summed E-state index contributed by atoms with van der Waals surface area (Å²) in [6.07, 6.45) is 4.80. The minimum Gasteiger partial charge on any atom is -0.325 e. The zero-order chi connectivity index (χ0) is 22.3. The second-order valence-corrected chi connectivity index (χ2v) is 11.5. The summed E-state index contributed by atoms with van der Waals surface area (Å²) < 4.78 is 26.7. The molecule has 0 bridgehead atoms. The highest BCUT2D eigenvalue weighted by Crippen LogP contribution is 2.43. The highest BCUT2D eigenvalue weighted by Gasteiger charge is 2.50. The van der Waals surface area contributed by atoms with E-state index in [4.69, 9.17) is 0 Å². The molecule has 0 saturated heterocycles. The zero-order valence-electron chi connectivity index (χ0n) is 17.5. The van der Waals surface area contributed by atoms with Crippen molar-refractivity contribution in [2.75, 3.05) is 10.0 Å². The van der Waals surface area contributed by atoms with Crippen molar-refractivity contribution < 1.29 is 13.2 Å². The molecular weight excluding hydrogens is 432 g/mol. The van der Waals surface area contributed by atoms with Crippen LogP contribution in [-0.4, -0.2) is 29.0 Å². The van der Waals surface area contributed by atoms with Gasteiger partial charge in [-0.2, -0.15) is 0 Å². The fourth-order valence-electron chi connectivity index (χ4n) is 2.97. The number of nitrogens with zero attached hydrogens (tertiary/aromatic N) is 2. The summed E-state index contributed by atoms with van der Waals surface area (Å²) in [5, 5.41) is 4.93. The molecule has 1 fully saturated rings. The van der Waals surface area contributed by atoms with Crippen LogP contribution in [0.3, 0.4) is 0 Å². The Labute approximate surface area is 186 Å². The summed E-state index contributed by atoms with van der Waals surface area (Å²) in [6, 6.07) is 11.4. The maximum Gasteiger partial charge on any atom is 0.239 e. The van der Waals surface area contributed by atoms with E-state index in [-0.39, 0.29) is 11.0 Å². The molecular formula is C22H24N4O3S2. The Bertz CT molecular complexity index is 1200. The molecule has 0 unspecified atom stereocenters. The van der Waals surface area contributed by atoms with E-state index in [0.717, 1.165) is 11.1 Å². The van der Waals surface area contributed by atoms with Gasteiger partial charge in [-0.3, -0.25) is 14.5 Å². The topological polar surface area (TPSA) is 101 Å². The Morgan fingerprint density at radius 3 is 2.45 bits per heavy atom. The lowest BCUT2D eigenvalue weighted by molar-refractivity contribution is -0.120. The molecule has 2 heterocycles. The molecule has 1 amide bonds. The van der Waals surface area contributed by atoms with Crippen LogP contribution < -0.4 is 10.0 Å². The summed E-state index contributed by atoms with van der Waals surface area (Å²) in [5.41, 5.74) is 2.25. The number of pyridine rings is 1. The van der Waals surface area contributed by atoms with Gasteiger partial charge in [-0.25, -0.2) is 13.4 Å². The molecule has 1 aliphatic rings. The average Bonchev–Trinajstić information content (AvgIpc) is 3.34. The van der Waals surface area contributed by atoms with E-state index < -0.39 is 20.2 Å². The highest BCUT2D eigenvalue weighted by molar-refractivity contribution is 7.94. The molecule has 1 saturated carbocycles. The van der Waals surface area contributed by atoms with Crippen LogP contribution in [0.15, 0.2) is 54.2 Å². The summed E-state index contributed by atoms with van der Waals surface area (Å²) in [5.74, 6) is -0.226. The van der Waals surface area contributed by atoms with Gasteiger partial charge >= 0.3 is 0 Å². The lowest BCUT2D eigenvalue weighted by Gasteiger charge is -2.21. The van der Waals surface area contributed by atoms with Crippen LogP contribution in [-0.2, 0) is 20.2 Å². The van der Waals surface area contributed by atoms with E-state index in [0.29, 0.717) is 24.2 Å². The number of nitrogens with one attached hydrogen (secondary N) is 2. The third-order valence-electron chi connectivity index (χ3n) is 5.67. The van der Waals surface area contributed by atoms with E-state index in [9.17, 15) is 13.2 Å². The van der Waals surface area contributed by atoms with Gasteiger partial charge in [-0.15, -0.1) is 11.3 Å². The van der Waals surface area contributed by atoms with E-state index >= 15 is 0 Å². The van der Waals surface area contributed by atoms with E-state index in [1.807, 2.05) is 36.4 Å². The smallest absolute Gasteiger partial charge is 0.239 e. The fourth-order valence-corrected chi connectivity index (χ4v) is 5.38. The Morgan fingerprint density at radius 1 is 1.13 bits per heavy atom. The molecule has 162 valence electrons. The molecule has 31 heavy (non-hydrogen) atoms. The van der Waals surface area contributed by atoms with Crippen LogP contribution in [0.4, 0.5) is 10.8 Å². The van der Waals surface area contributed by atoms with Crippen molar-refractivity contribution in [2.45, 2.75) is 43.8 Å². The first-order chi connectivity index (χ1) is 14.6. The average molecular weight is 457 g/mol. The van der Waals surface area contributed by atoms with Gasteiger partial charge in [-0.1, -0.05) is 18.2 Å². The van der Waals surface area contributed by atoms with Gasteiger partial charge in [0, 0.05) is 23.5 Å². The number of amides is 1. The predicted molar refractivity (Wildman–Crippen MR) is 124 cm³/mol. The summed E-state index contributed by atoms with van der Waals surface area (Å²) in [4.78, 5) is 21.5. The molecule has 1 aromatic carbocycles. The molecule has 2 aromatic heterocycles.